The smallest absolute Gasteiger partial charge is 0.211 e. The predicted octanol–water partition coefficient (Wildman–Crippen LogP) is 2.33. The van der Waals surface area contributed by atoms with E-state index in [9.17, 15) is 13.5 Å². The second kappa shape index (κ2) is 7.70. The first-order valence-corrected chi connectivity index (χ1v) is 9.38. The van der Waals surface area contributed by atoms with Crippen molar-refractivity contribution in [3.63, 3.8) is 0 Å². The zero-order valence-corrected chi connectivity index (χ0v) is 13.2. The number of aliphatic hydroxyl groups excluding tert-OH is 1. The fraction of sp³-hybridized carbons (Fsp3) is 0.333. The number of benzene rings is 1. The lowest BCUT2D eigenvalue weighted by Gasteiger charge is -2.10. The molecule has 0 spiro atoms. The number of hydrogen-bond donors (Lipinski definition) is 2. The molecule has 0 bridgehead atoms. The number of rotatable bonds is 8. The van der Waals surface area contributed by atoms with Crippen LogP contribution in [0.1, 0.15) is 23.7 Å². The van der Waals surface area contributed by atoms with Crippen molar-refractivity contribution in [3.8, 4) is 0 Å². The van der Waals surface area contributed by atoms with Crippen molar-refractivity contribution in [3.05, 3.63) is 58.3 Å². The number of aliphatic hydroxyl groups is 1. The first-order valence-electron chi connectivity index (χ1n) is 6.78. The first kappa shape index (κ1) is 16.2. The Morgan fingerprint density at radius 1 is 1.19 bits per heavy atom. The van der Waals surface area contributed by atoms with E-state index in [1.165, 1.54) is 11.3 Å². The summed E-state index contributed by atoms with van der Waals surface area (Å²) in [5.41, 5.74) is 1.84. The normalized spacial score (nSPS) is 13.2. The largest absolute Gasteiger partial charge is 0.388 e. The van der Waals surface area contributed by atoms with Gasteiger partial charge in [-0.25, -0.2) is 13.1 Å². The Bertz CT molecular complexity index is 624. The minimum Gasteiger partial charge on any atom is -0.388 e. The van der Waals surface area contributed by atoms with E-state index in [1.807, 2.05) is 47.2 Å². The second-order valence-electron chi connectivity index (χ2n) is 4.81. The van der Waals surface area contributed by atoms with Gasteiger partial charge in [0, 0.05) is 6.54 Å². The van der Waals surface area contributed by atoms with Crippen molar-refractivity contribution >= 4 is 21.4 Å². The third-order valence-electron chi connectivity index (χ3n) is 3.17. The maximum absolute atomic E-state index is 11.9. The van der Waals surface area contributed by atoms with Gasteiger partial charge in [-0.3, -0.25) is 0 Å². The topological polar surface area (TPSA) is 66.4 Å². The molecule has 0 amide bonds. The van der Waals surface area contributed by atoms with E-state index in [-0.39, 0.29) is 12.3 Å². The summed E-state index contributed by atoms with van der Waals surface area (Å²) in [6.45, 7) is 0.244. The molecule has 1 unspecified atom stereocenters. The van der Waals surface area contributed by atoms with Crippen LogP contribution >= 0.6 is 11.3 Å². The molecule has 21 heavy (non-hydrogen) atoms. The molecule has 0 radical (unpaired) electrons. The van der Waals surface area contributed by atoms with Gasteiger partial charge in [-0.15, -0.1) is 0 Å². The Balaban J connectivity index is 1.74. The summed E-state index contributed by atoms with van der Waals surface area (Å²) in [5, 5.41) is 13.6. The molecule has 6 heteroatoms. The van der Waals surface area contributed by atoms with E-state index < -0.39 is 16.1 Å². The van der Waals surface area contributed by atoms with Crippen LogP contribution in [0.4, 0.5) is 0 Å². The van der Waals surface area contributed by atoms with Gasteiger partial charge in [0.05, 0.1) is 11.9 Å². The highest BCUT2D eigenvalue weighted by Gasteiger charge is 2.12. The Morgan fingerprint density at radius 2 is 1.95 bits per heavy atom. The predicted molar refractivity (Wildman–Crippen MR) is 85.8 cm³/mol. The molecule has 0 fully saturated rings. The van der Waals surface area contributed by atoms with Crippen LogP contribution in [0, 0.1) is 0 Å². The third kappa shape index (κ3) is 5.59. The summed E-state index contributed by atoms with van der Waals surface area (Å²) >= 11 is 1.51. The van der Waals surface area contributed by atoms with Crippen molar-refractivity contribution in [1.29, 1.82) is 0 Å². The molecule has 4 nitrogen and oxygen atoms in total. The zero-order chi connectivity index (χ0) is 15.1. The van der Waals surface area contributed by atoms with Crippen molar-refractivity contribution < 1.29 is 13.5 Å². The van der Waals surface area contributed by atoms with Gasteiger partial charge >= 0.3 is 0 Å². The number of nitrogens with one attached hydrogen (secondary N) is 1. The molecule has 0 saturated carbocycles. The summed E-state index contributed by atoms with van der Waals surface area (Å²) in [4.78, 5) is 0. The molecule has 0 saturated heterocycles. The van der Waals surface area contributed by atoms with Gasteiger partial charge < -0.3 is 5.11 Å². The molecule has 1 aromatic carbocycles. The molecular weight excluding hydrogens is 306 g/mol. The van der Waals surface area contributed by atoms with Crippen LogP contribution in [0.5, 0.6) is 0 Å². The van der Waals surface area contributed by atoms with Crippen molar-refractivity contribution in [2.45, 2.75) is 18.9 Å². The van der Waals surface area contributed by atoms with Gasteiger partial charge in [0.25, 0.3) is 0 Å². The minimum absolute atomic E-state index is 0.0611. The van der Waals surface area contributed by atoms with E-state index >= 15 is 0 Å². The minimum atomic E-state index is -3.30. The third-order valence-corrected chi connectivity index (χ3v) is 5.26. The molecule has 2 rings (SSSR count). The van der Waals surface area contributed by atoms with E-state index in [0.717, 1.165) is 11.1 Å². The van der Waals surface area contributed by atoms with Gasteiger partial charge in [-0.2, -0.15) is 11.3 Å². The van der Waals surface area contributed by atoms with Gasteiger partial charge in [0.15, 0.2) is 0 Å². The van der Waals surface area contributed by atoms with Gasteiger partial charge in [-0.1, -0.05) is 30.3 Å². The zero-order valence-electron chi connectivity index (χ0n) is 11.6. The lowest BCUT2D eigenvalue weighted by Crippen LogP contribution is -2.29. The van der Waals surface area contributed by atoms with Crippen LogP contribution in [-0.2, 0) is 16.4 Å². The lowest BCUT2D eigenvalue weighted by atomic mass is 10.1. The van der Waals surface area contributed by atoms with Crippen LogP contribution in [0.3, 0.4) is 0 Å². The SMILES string of the molecule is O=S(=O)(CCc1ccccc1)NCCC(O)c1ccsc1. The Hall–Kier alpha value is -1.21. The fourth-order valence-corrected chi connectivity index (χ4v) is 3.74. The maximum Gasteiger partial charge on any atom is 0.211 e. The van der Waals surface area contributed by atoms with Crippen LogP contribution in [-0.4, -0.2) is 25.8 Å². The highest BCUT2D eigenvalue weighted by molar-refractivity contribution is 7.89. The van der Waals surface area contributed by atoms with Crippen LogP contribution < -0.4 is 4.72 Å². The number of thiophene rings is 1. The highest BCUT2D eigenvalue weighted by atomic mass is 32.2. The van der Waals surface area contributed by atoms with E-state index in [1.54, 1.807) is 0 Å². The van der Waals surface area contributed by atoms with E-state index in [4.69, 9.17) is 0 Å². The number of aryl methyl sites for hydroxylation is 1. The van der Waals surface area contributed by atoms with Crippen LogP contribution in [0.15, 0.2) is 47.2 Å². The summed E-state index contributed by atoms with van der Waals surface area (Å²) < 4.78 is 26.3. The van der Waals surface area contributed by atoms with Gasteiger partial charge in [-0.05, 0) is 40.8 Å². The summed E-state index contributed by atoms with van der Waals surface area (Å²) in [5.74, 6) is 0.0611. The second-order valence-corrected chi connectivity index (χ2v) is 7.52. The maximum atomic E-state index is 11.9. The standard InChI is InChI=1S/C15H19NO3S2/c17-15(14-7-10-20-12-14)6-9-16-21(18,19)11-8-13-4-2-1-3-5-13/h1-5,7,10,12,15-17H,6,8-9,11H2. The molecule has 0 aliphatic carbocycles. The molecule has 1 heterocycles. The van der Waals surface area contributed by atoms with Crippen LogP contribution in [0.2, 0.25) is 0 Å². The Kier molecular flexibility index (Phi) is 5.93. The monoisotopic (exact) mass is 325 g/mol. The number of hydrogen-bond acceptors (Lipinski definition) is 4. The van der Waals surface area contributed by atoms with E-state index in [0.29, 0.717) is 12.8 Å². The fourth-order valence-electron chi connectivity index (χ4n) is 1.95. The van der Waals surface area contributed by atoms with Crippen molar-refractivity contribution in [2.75, 3.05) is 12.3 Å². The van der Waals surface area contributed by atoms with Gasteiger partial charge in [0.1, 0.15) is 0 Å². The lowest BCUT2D eigenvalue weighted by molar-refractivity contribution is 0.169. The molecule has 1 aromatic heterocycles. The highest BCUT2D eigenvalue weighted by Crippen LogP contribution is 2.18. The average Bonchev–Trinajstić information content (AvgIpc) is 3.00. The summed E-state index contributed by atoms with van der Waals surface area (Å²) in [6, 6.07) is 11.4. The Labute approximate surface area is 129 Å². The van der Waals surface area contributed by atoms with Crippen molar-refractivity contribution in [2.24, 2.45) is 0 Å². The van der Waals surface area contributed by atoms with Crippen LogP contribution in [0.25, 0.3) is 0 Å². The quantitative estimate of drug-likeness (QED) is 0.783. The first-order chi connectivity index (χ1) is 10.1. The molecule has 1 atom stereocenters. The number of sulfonamides is 1. The summed E-state index contributed by atoms with van der Waals surface area (Å²) in [7, 11) is -3.30. The average molecular weight is 325 g/mol. The molecule has 2 N–H and O–H groups in total. The molecular formula is C15H19NO3S2. The van der Waals surface area contributed by atoms with E-state index in [2.05, 4.69) is 4.72 Å². The van der Waals surface area contributed by atoms with Crippen molar-refractivity contribution in [1.82, 2.24) is 4.72 Å². The van der Waals surface area contributed by atoms with Gasteiger partial charge in [0.2, 0.25) is 10.0 Å². The Morgan fingerprint density at radius 3 is 2.62 bits per heavy atom. The summed E-state index contributed by atoms with van der Waals surface area (Å²) in [6.07, 6.45) is 0.248. The molecule has 0 aliphatic rings. The molecule has 2 aromatic rings. The molecule has 0 aliphatic heterocycles. The molecule has 114 valence electrons.